The molecule has 0 unspecified atom stereocenters. The zero-order chi connectivity index (χ0) is 97.9. The predicted octanol–water partition coefficient (Wildman–Crippen LogP) is 29.0. The fourth-order valence-electron chi connectivity index (χ4n) is 18.3. The molecule has 634 valence electrons. The Labute approximate surface area is 762 Å². The van der Waals surface area contributed by atoms with E-state index in [2.05, 4.69) is 216 Å². The molecule has 0 amide bonds. The van der Waals surface area contributed by atoms with Gasteiger partial charge in [-0.1, -0.05) is 121 Å². The first-order chi connectivity index (χ1) is 64.5. The highest BCUT2D eigenvalue weighted by molar-refractivity contribution is 6.18. The molecule has 0 aliphatic rings. The van der Waals surface area contributed by atoms with Crippen LogP contribution in [0.1, 0.15) is 116 Å². The number of aromatic nitrogens is 5. The summed E-state index contributed by atoms with van der Waals surface area (Å²) in [6.45, 7) is 67.7. The molecule has 0 bridgehead atoms. The molecule has 20 rings (SSSR count). The highest BCUT2D eigenvalue weighted by Crippen LogP contribution is 2.48. The summed E-state index contributed by atoms with van der Waals surface area (Å²) in [7, 11) is 10.1. The number of fused-ring (bicyclic) bond motifs is 15. The van der Waals surface area contributed by atoms with Crippen LogP contribution in [0.3, 0.4) is 0 Å². The predicted molar refractivity (Wildman–Crippen MR) is 523 cm³/mol. The van der Waals surface area contributed by atoms with Gasteiger partial charge in [0.1, 0.15) is 91.1 Å². The topological polar surface area (TPSA) is 107 Å². The molecule has 0 spiro atoms. The number of nitrogens with zero attached hydrogens (tertiary/aromatic N) is 10. The molecule has 0 fully saturated rings. The number of aryl methyl sites for hydroxylation is 20. The third-order valence-electron chi connectivity index (χ3n) is 25.2. The van der Waals surface area contributed by atoms with Crippen molar-refractivity contribution >= 4 is 138 Å². The van der Waals surface area contributed by atoms with Crippen LogP contribution in [0, 0.1) is 164 Å². The third-order valence-corrected chi connectivity index (χ3v) is 25.2. The van der Waals surface area contributed by atoms with Gasteiger partial charge in [-0.15, -0.1) is 0 Å². The number of para-hydroxylation sites is 1. The largest absolute Gasteiger partial charge is 0.466 e. The summed E-state index contributed by atoms with van der Waals surface area (Å²) in [5.74, 6) is 0. The van der Waals surface area contributed by atoms with Crippen LogP contribution >= 0.6 is 0 Å². The van der Waals surface area contributed by atoms with Gasteiger partial charge in [-0.25, -0.2) is 28.8 Å². The Morgan fingerprint density at radius 1 is 0.256 bits per heavy atom. The lowest BCUT2D eigenvalue weighted by atomic mass is 9.96. The smallest absolute Gasteiger partial charge is 0.232 e. The highest BCUT2D eigenvalue weighted by Gasteiger charge is 2.31. The van der Waals surface area contributed by atoms with E-state index in [0.29, 0.717) is 89.7 Å². The summed E-state index contributed by atoms with van der Waals surface area (Å²) in [6, 6.07) is 58.3. The van der Waals surface area contributed by atoms with Gasteiger partial charge >= 0.3 is 0 Å². The molecule has 20 aromatic rings. The number of furan rings is 5. The normalized spacial score (nSPS) is 12.2. The molecule has 15 heteroatoms. The number of pyridine rings is 5. The first kappa shape index (κ1) is 78.1. The lowest BCUT2D eigenvalue weighted by molar-refractivity contribution is -0.666. The van der Waals surface area contributed by atoms with Crippen molar-refractivity contribution in [2.24, 2.45) is 35.2 Å². The van der Waals surface area contributed by atoms with Crippen molar-refractivity contribution in [2.75, 3.05) is 0 Å². The van der Waals surface area contributed by atoms with Crippen LogP contribution in [0.25, 0.3) is 190 Å². The summed E-state index contributed by atoms with van der Waals surface area (Å²) < 4.78 is 98.0. The van der Waals surface area contributed by atoms with Gasteiger partial charge in [0, 0.05) is 150 Å². The van der Waals surface area contributed by atoms with Crippen LogP contribution in [0.5, 0.6) is 0 Å². The second-order valence-corrected chi connectivity index (χ2v) is 34.4. The quantitative estimate of drug-likeness (QED) is 0.126. The maximum absolute atomic E-state index is 8.08. The Balaban J connectivity index is 0.000000123. The van der Waals surface area contributed by atoms with E-state index in [1.165, 1.54) is 45.8 Å². The Morgan fingerprint density at radius 3 is 1.02 bits per heavy atom. The van der Waals surface area contributed by atoms with Gasteiger partial charge < -0.3 is 22.1 Å². The minimum atomic E-state index is -2.30. The number of hydrogen-bond donors (Lipinski definition) is 0. The molecular formula is C114H103N10O5+5. The van der Waals surface area contributed by atoms with Crippen molar-refractivity contribution in [3.05, 3.63) is 351 Å². The standard InChI is InChI=1S/4C23H21N2O.C22H19N2O/c1-13-11-16(4)25(6)19(12-13)21-15(3)7-9-17-20-14(2)8-10-18(24-5)23(20)26-22(17)21;1-13-11-16(4)25(6)19(12-13)20-14(2)7-9-17-18-10-8-15(3)21(24-5)23(18)26-22(17)20;1-13-9-16(4)25(6)20(12-13)21-15(3)7-8-17-18-10-14(2)11-19(24-5)22(18)26-23(17)21;1-13-10-16(4)25(6)19(11-13)21-15(3)12-14(2)20-17-8-7-9-18(24-5)22(17)26-23(20)21;1-13-10-11-24(5)18(12-13)19-14(2)6-8-16-17-9-7-15(3)20(23-4)22(17)25-21(16)19/h4*7-12H,1-4,6H3;6-12H,1-3,5H3/q5*+1/i2D3;;;2D3;10D. The van der Waals surface area contributed by atoms with Crippen LogP contribution < -0.4 is 22.8 Å². The van der Waals surface area contributed by atoms with Crippen molar-refractivity contribution in [3.63, 3.8) is 0 Å². The van der Waals surface area contributed by atoms with Gasteiger partial charge in [0.15, 0.2) is 29.0 Å². The Hall–Kier alpha value is -15.6. The zero-order valence-electron chi connectivity index (χ0n) is 83.8. The van der Waals surface area contributed by atoms with Gasteiger partial charge in [-0.05, 0) is 188 Å². The molecule has 129 heavy (non-hydrogen) atoms. The molecule has 0 atom stereocenters. The lowest BCUT2D eigenvalue weighted by Crippen LogP contribution is -2.35. The summed E-state index contributed by atoms with van der Waals surface area (Å²) in [6.07, 6.45) is 1.82. The first-order valence-electron chi connectivity index (χ1n) is 46.1. The van der Waals surface area contributed by atoms with E-state index in [-0.39, 0.29) is 11.1 Å². The maximum atomic E-state index is 8.08. The minimum Gasteiger partial charge on any atom is -0.466 e. The van der Waals surface area contributed by atoms with E-state index in [4.69, 9.17) is 64.5 Å². The van der Waals surface area contributed by atoms with E-state index in [9.17, 15) is 0 Å². The molecule has 0 aliphatic heterocycles. The number of rotatable bonds is 5. The van der Waals surface area contributed by atoms with E-state index in [1.807, 2.05) is 136 Å². The summed E-state index contributed by atoms with van der Waals surface area (Å²) >= 11 is 0. The van der Waals surface area contributed by atoms with Gasteiger partial charge in [0.25, 0.3) is 0 Å². The van der Waals surface area contributed by atoms with E-state index in [0.717, 1.165) is 172 Å². The summed E-state index contributed by atoms with van der Waals surface area (Å²) in [4.78, 5) is 18.2. The summed E-state index contributed by atoms with van der Waals surface area (Å²) in [5.41, 5.74) is 37.9. The van der Waals surface area contributed by atoms with Gasteiger partial charge in [0.2, 0.25) is 56.9 Å². The average molecular weight is 1700 g/mol. The highest BCUT2D eigenvalue weighted by atomic mass is 16.3. The monoisotopic (exact) mass is 1700 g/mol. The third kappa shape index (κ3) is 15.2. The second-order valence-electron chi connectivity index (χ2n) is 34.4. The molecule has 10 aromatic heterocycles. The van der Waals surface area contributed by atoms with Gasteiger partial charge in [0.05, 0.1) is 62.0 Å². The Bertz CT molecular complexity index is 8690. The molecule has 15 nitrogen and oxygen atoms in total. The molecule has 10 aromatic carbocycles. The Kier molecular flexibility index (Phi) is 20.6. The van der Waals surface area contributed by atoms with Gasteiger partial charge in [-0.3, -0.25) is 0 Å². The first-order valence-corrected chi connectivity index (χ1v) is 42.6. The maximum Gasteiger partial charge on any atom is 0.232 e. The van der Waals surface area contributed by atoms with E-state index < -0.39 is 13.7 Å². The average Bonchev–Trinajstić information content (AvgIpc) is 1.57. The SMILES string of the molecule is [2H]C([2H])([2H])c1cc(C)c(-c2cc(C)cc(C)[n+]2C)c2oc3c([N+]#[C-])cccc3c12.[2H]C([2H])([2H])c1ccc([N+]#[C-])c2oc3c(-c4cc(C)cc(C)[n+]4C)c(C)ccc3c12.[2H]c1c[n+](C)c(-c2c(C)ccc3c2oc2c([N+]#[C-])c(C)ccc23)cc1C.[C-]#[N+]c1c(C)ccc2c1oc1c(-c3cc(C)cc(C)[n+]3C)c(C)ccc12.[C-]#[N+]c1cc(C)cc2c1oc1c(-c3cc(C)cc(C)[n+]3C)c(C)ccc12. The number of hydrogen-bond acceptors (Lipinski definition) is 5. The van der Waals surface area contributed by atoms with Crippen LogP contribution in [-0.2, 0) is 35.2 Å². The fraction of sp³-hybridized carbons (Fsp3) is 0.211. The van der Waals surface area contributed by atoms with Crippen molar-refractivity contribution in [2.45, 2.75) is 131 Å². The van der Waals surface area contributed by atoms with E-state index in [1.54, 1.807) is 18.2 Å². The molecule has 0 N–H and O–H groups in total. The van der Waals surface area contributed by atoms with Crippen molar-refractivity contribution in [1.82, 2.24) is 0 Å². The van der Waals surface area contributed by atoms with Crippen molar-refractivity contribution in [1.29, 1.82) is 0 Å². The number of benzene rings is 10. The Morgan fingerprint density at radius 2 is 0.581 bits per heavy atom. The molecule has 10 heterocycles. The van der Waals surface area contributed by atoms with Crippen LogP contribution in [0.2, 0.25) is 0 Å². The van der Waals surface area contributed by atoms with Crippen LogP contribution in [0.15, 0.2) is 210 Å². The van der Waals surface area contributed by atoms with E-state index >= 15 is 0 Å². The van der Waals surface area contributed by atoms with Crippen molar-refractivity contribution in [3.8, 4) is 56.3 Å². The molecule has 0 aliphatic carbocycles. The second kappa shape index (κ2) is 34.0. The molecule has 0 saturated heterocycles. The minimum absolute atomic E-state index is 0.207. The lowest BCUT2D eigenvalue weighted by Gasteiger charge is -2.10. The summed E-state index contributed by atoms with van der Waals surface area (Å²) in [5, 5.41) is 8.56. The zero-order valence-corrected chi connectivity index (χ0v) is 76.8. The van der Waals surface area contributed by atoms with Crippen LogP contribution in [0.4, 0.5) is 28.4 Å². The van der Waals surface area contributed by atoms with Gasteiger partial charge in [-0.2, -0.15) is 18.3 Å². The molecule has 0 saturated carbocycles. The van der Waals surface area contributed by atoms with Crippen molar-refractivity contribution < 1.29 is 54.5 Å². The van der Waals surface area contributed by atoms with Crippen LogP contribution in [-0.4, -0.2) is 0 Å². The molecule has 0 radical (unpaired) electrons. The molecular weight excluding hydrogens is 1590 g/mol. The fourth-order valence-corrected chi connectivity index (χ4v) is 18.3.